The molecule has 0 aromatic rings. The highest BCUT2D eigenvalue weighted by molar-refractivity contribution is 5.02. The molecule has 0 aromatic carbocycles. The molecule has 1 fully saturated rings. The molecule has 90 valence electrons. The van der Waals surface area contributed by atoms with E-state index in [0.29, 0.717) is 0 Å². The molecule has 1 aliphatic heterocycles. The van der Waals surface area contributed by atoms with Crippen molar-refractivity contribution in [1.82, 2.24) is 0 Å². The molecule has 1 heterocycles. The van der Waals surface area contributed by atoms with Crippen molar-refractivity contribution >= 4 is 0 Å². The predicted molar refractivity (Wildman–Crippen MR) is 30.1 cm³/mol. The van der Waals surface area contributed by atoms with Gasteiger partial charge in [0.2, 0.25) is 0 Å². The van der Waals surface area contributed by atoms with Crippen LogP contribution in [-0.4, -0.2) is 25.1 Å². The van der Waals surface area contributed by atoms with E-state index in [1.807, 2.05) is 0 Å². The fraction of sp³-hybridized carbons (Fsp3) is 1.00. The van der Waals surface area contributed by atoms with E-state index in [2.05, 4.69) is 4.74 Å². The molecule has 0 amide bonds. The molecule has 0 saturated carbocycles. The average Bonchev–Trinajstić information content (AvgIpc) is 2.21. The zero-order chi connectivity index (χ0) is 12.1. The van der Waals surface area contributed by atoms with E-state index in [0.717, 1.165) is 0 Å². The van der Waals surface area contributed by atoms with E-state index in [4.69, 9.17) is 0 Å². The van der Waals surface area contributed by atoms with Crippen molar-refractivity contribution < 1.29 is 39.9 Å². The van der Waals surface area contributed by atoms with Crippen LogP contribution in [0, 0.1) is 5.41 Å². The van der Waals surface area contributed by atoms with E-state index in [9.17, 15) is 35.1 Å². The van der Waals surface area contributed by atoms with Gasteiger partial charge in [-0.05, 0) is 0 Å². The van der Waals surface area contributed by atoms with Crippen molar-refractivity contribution in [2.24, 2.45) is 5.41 Å². The molecule has 1 rings (SSSR count). The highest BCUT2D eigenvalue weighted by Gasteiger charge is 2.85. The topological polar surface area (TPSA) is 9.23 Å². The second-order valence-electron chi connectivity index (χ2n) is 3.02. The predicted octanol–water partition coefficient (Wildman–Crippen LogP) is 3.11. The van der Waals surface area contributed by atoms with Gasteiger partial charge in [0.25, 0.3) is 5.41 Å². The Balaban J connectivity index is 3.33. The summed E-state index contributed by atoms with van der Waals surface area (Å²) in [6, 6.07) is 0. The zero-order valence-electron chi connectivity index (χ0n) is 6.85. The normalized spacial score (nSPS) is 25.6. The van der Waals surface area contributed by atoms with Crippen LogP contribution in [0.4, 0.5) is 35.1 Å². The lowest BCUT2D eigenvalue weighted by Gasteiger charge is -2.36. The van der Waals surface area contributed by atoms with Gasteiger partial charge in [0.15, 0.2) is 0 Å². The molecule has 0 radical (unpaired) electrons. The molecule has 0 atom stereocenters. The molecule has 1 aliphatic rings. The molecule has 0 spiro atoms. The summed E-state index contributed by atoms with van der Waals surface area (Å²) in [6.07, 6.45) is -19.3. The van der Waals surface area contributed by atoms with E-state index < -0.39 is 36.9 Å². The molecule has 0 bridgehead atoms. The van der Waals surface area contributed by atoms with E-state index in [1.54, 1.807) is 0 Å². The minimum Gasteiger partial charge on any atom is -0.319 e. The summed E-state index contributed by atoms with van der Waals surface area (Å²) in [5, 5.41) is 0. The van der Waals surface area contributed by atoms with Gasteiger partial charge < -0.3 is 4.74 Å². The largest absolute Gasteiger partial charge is 0.411 e. The second kappa shape index (κ2) is 2.96. The fourth-order valence-corrected chi connectivity index (χ4v) is 1.38. The van der Waals surface area contributed by atoms with Crippen molar-refractivity contribution in [2.75, 3.05) is 6.61 Å². The average molecular weight is 244 g/mol. The number of alkyl halides is 8. The summed E-state index contributed by atoms with van der Waals surface area (Å²) >= 11 is 0. The lowest BCUT2D eigenvalue weighted by atomic mass is 9.83. The molecule has 0 aromatic heterocycles. The first kappa shape index (κ1) is 12.5. The van der Waals surface area contributed by atoms with Crippen LogP contribution in [0.15, 0.2) is 0 Å². The van der Waals surface area contributed by atoms with Gasteiger partial charge in [-0.3, -0.25) is 0 Å². The number of hydrogen-bond acceptors (Lipinski definition) is 1. The highest BCUT2D eigenvalue weighted by Crippen LogP contribution is 2.63. The third-order valence-electron chi connectivity index (χ3n) is 2.23. The van der Waals surface area contributed by atoms with Gasteiger partial charge in [0.1, 0.15) is 0 Å². The number of rotatable bonds is 0. The summed E-state index contributed by atoms with van der Waals surface area (Å²) in [5.41, 5.74) is -5.09. The molecule has 0 N–H and O–H groups in total. The molecule has 15 heavy (non-hydrogen) atoms. The minimum absolute atomic E-state index is 1.29. The van der Waals surface area contributed by atoms with E-state index in [-0.39, 0.29) is 0 Å². The Morgan fingerprint density at radius 2 is 1.27 bits per heavy atom. The van der Waals surface area contributed by atoms with Crippen molar-refractivity contribution in [1.29, 1.82) is 0 Å². The molecule has 1 nitrogen and oxygen atoms in total. The maximum Gasteiger partial charge on any atom is 0.411 e. The first-order chi connectivity index (χ1) is 6.46. The van der Waals surface area contributed by atoms with E-state index >= 15 is 0 Å². The van der Waals surface area contributed by atoms with Crippen LogP contribution < -0.4 is 0 Å². The first-order valence-corrected chi connectivity index (χ1v) is 3.61. The summed E-state index contributed by atoms with van der Waals surface area (Å²) in [4.78, 5) is 0. The van der Waals surface area contributed by atoms with E-state index in [1.165, 1.54) is 0 Å². The van der Waals surface area contributed by atoms with Gasteiger partial charge >= 0.3 is 18.5 Å². The molecule has 0 aliphatic carbocycles. The first-order valence-electron chi connectivity index (χ1n) is 3.61. The van der Waals surface area contributed by atoms with Gasteiger partial charge in [0, 0.05) is 6.42 Å². The molecule has 0 unspecified atom stereocenters. The number of halogens is 8. The van der Waals surface area contributed by atoms with Gasteiger partial charge in [-0.1, -0.05) is 0 Å². The van der Waals surface area contributed by atoms with Crippen LogP contribution in [-0.2, 0) is 4.74 Å². The minimum atomic E-state index is -6.11. The SMILES string of the molecule is FC(F)(F)C1(C(F)(F)F)CCOC1(F)F. The van der Waals surface area contributed by atoms with Crippen LogP contribution in [0.3, 0.4) is 0 Å². The summed E-state index contributed by atoms with van der Waals surface area (Å²) in [7, 11) is 0. The Hall–Kier alpha value is -0.600. The molecule has 1 saturated heterocycles. The Morgan fingerprint density at radius 1 is 0.867 bits per heavy atom. The van der Waals surface area contributed by atoms with Crippen LogP contribution in [0.2, 0.25) is 0 Å². The lowest BCUT2D eigenvalue weighted by Crippen LogP contribution is -2.58. The Labute approximate surface area is 78.0 Å². The molecular formula is C6H4F8O. The monoisotopic (exact) mass is 244 g/mol. The van der Waals surface area contributed by atoms with Gasteiger partial charge in [-0.25, -0.2) is 0 Å². The second-order valence-corrected chi connectivity index (χ2v) is 3.02. The maximum absolute atomic E-state index is 12.6. The zero-order valence-corrected chi connectivity index (χ0v) is 6.85. The third kappa shape index (κ3) is 1.47. The smallest absolute Gasteiger partial charge is 0.319 e. The molecule has 9 heteroatoms. The van der Waals surface area contributed by atoms with Crippen molar-refractivity contribution in [2.45, 2.75) is 24.9 Å². The van der Waals surface area contributed by atoms with Crippen molar-refractivity contribution in [3.63, 3.8) is 0 Å². The quantitative estimate of drug-likeness (QED) is 0.595. The van der Waals surface area contributed by atoms with Gasteiger partial charge in [0.05, 0.1) is 6.61 Å². The number of ether oxygens (including phenoxy) is 1. The number of hydrogen-bond donors (Lipinski definition) is 0. The maximum atomic E-state index is 12.6. The fourth-order valence-electron chi connectivity index (χ4n) is 1.38. The molecular weight excluding hydrogens is 240 g/mol. The Kier molecular flexibility index (Phi) is 2.46. The summed E-state index contributed by atoms with van der Waals surface area (Å²) in [5.74, 6) is 0. The third-order valence-corrected chi connectivity index (χ3v) is 2.23. The Morgan fingerprint density at radius 3 is 1.40 bits per heavy atom. The highest BCUT2D eigenvalue weighted by atomic mass is 19.4. The summed E-state index contributed by atoms with van der Waals surface area (Å²) < 4.78 is 101. The van der Waals surface area contributed by atoms with Crippen LogP contribution >= 0.6 is 0 Å². The lowest BCUT2D eigenvalue weighted by molar-refractivity contribution is -0.425. The van der Waals surface area contributed by atoms with Gasteiger partial charge in [-0.2, -0.15) is 35.1 Å². The van der Waals surface area contributed by atoms with Crippen LogP contribution in [0.5, 0.6) is 0 Å². The standard InChI is InChI=1S/C6H4F8O/c7-4(8,9)3(5(10,11)12)1-2-15-6(3,13)14/h1-2H2. The Bertz CT molecular complexity index is 237. The van der Waals surface area contributed by atoms with Crippen molar-refractivity contribution in [3.8, 4) is 0 Å². The van der Waals surface area contributed by atoms with Crippen molar-refractivity contribution in [3.05, 3.63) is 0 Å². The van der Waals surface area contributed by atoms with Crippen LogP contribution in [0.1, 0.15) is 6.42 Å². The van der Waals surface area contributed by atoms with Gasteiger partial charge in [-0.15, -0.1) is 0 Å². The summed E-state index contributed by atoms with van der Waals surface area (Å²) in [6.45, 7) is -1.29. The van der Waals surface area contributed by atoms with Crippen LogP contribution in [0.25, 0.3) is 0 Å².